The van der Waals surface area contributed by atoms with Crippen molar-refractivity contribution in [2.45, 2.75) is 26.0 Å². The Morgan fingerprint density at radius 1 is 0.833 bits per heavy atom. The minimum atomic E-state index is -1.61. The van der Waals surface area contributed by atoms with E-state index in [0.717, 1.165) is 27.6 Å². The van der Waals surface area contributed by atoms with Gasteiger partial charge in [-0.3, -0.25) is 4.98 Å². The number of aromatic nitrogens is 1. The van der Waals surface area contributed by atoms with Crippen LogP contribution in [0.2, 0.25) is 19.6 Å². The van der Waals surface area contributed by atoms with Crippen molar-refractivity contribution in [3.8, 4) is 11.3 Å². The van der Waals surface area contributed by atoms with E-state index in [-0.39, 0.29) is 0 Å². The first kappa shape index (κ1) is 16.6. The van der Waals surface area contributed by atoms with Gasteiger partial charge in [0, 0.05) is 25.3 Å². The molecule has 0 saturated heterocycles. The van der Waals surface area contributed by atoms with Gasteiger partial charge in [0.2, 0.25) is 0 Å². The monoisotopic (exact) mass is 409 g/mol. The van der Waals surface area contributed by atoms with Crippen molar-refractivity contribution in [1.29, 1.82) is 0 Å². The summed E-state index contributed by atoms with van der Waals surface area (Å²) in [5.41, 5.74) is 4.51. The van der Waals surface area contributed by atoms with E-state index in [1.165, 1.54) is 5.19 Å². The number of furan rings is 1. The molecule has 3 aromatic carbocycles. The molecule has 2 heterocycles. The first-order chi connectivity index (χ1) is 15.2. The molecule has 5 aromatic rings. The van der Waals surface area contributed by atoms with E-state index in [2.05, 4.69) is 31.8 Å². The van der Waals surface area contributed by atoms with E-state index >= 15 is 0 Å². The molecule has 0 N–H and O–H groups in total. The highest BCUT2D eigenvalue weighted by atomic mass is 28.3. The summed E-state index contributed by atoms with van der Waals surface area (Å²) in [5.74, 6) is 0. The Bertz CT molecular complexity index is 1420. The van der Waals surface area contributed by atoms with Crippen LogP contribution in [0.15, 0.2) is 89.5 Å². The summed E-state index contributed by atoms with van der Waals surface area (Å²) in [4.78, 5) is 4.75. The molecular formula is C27H25NOSi. The molecule has 0 fully saturated rings. The Hall–Kier alpha value is -3.17. The van der Waals surface area contributed by atoms with Crippen molar-refractivity contribution in [3.63, 3.8) is 0 Å². The van der Waals surface area contributed by atoms with Crippen LogP contribution in [0.5, 0.6) is 0 Å². The minimum absolute atomic E-state index is 0.578. The standard InChI is InChI=1S/C27H25NOSi/c1-30(2,3)21-13-15-25(28-18-21)24-11-7-10-23-22-14-12-20(17-26(22)29-27(23)24)16-19-8-5-4-6-9-19/h4-15,17-18H,16H2,1-3H3/i16D2. The van der Waals surface area contributed by atoms with Gasteiger partial charge in [0.05, 0.1) is 13.8 Å². The number of hydrogen-bond acceptors (Lipinski definition) is 2. The molecule has 0 atom stereocenters. The van der Waals surface area contributed by atoms with Crippen LogP contribution in [0.3, 0.4) is 0 Å². The Balaban J connectivity index is 1.63. The Morgan fingerprint density at radius 2 is 1.67 bits per heavy atom. The third-order valence-corrected chi connectivity index (χ3v) is 7.49. The van der Waals surface area contributed by atoms with E-state index in [9.17, 15) is 0 Å². The highest BCUT2D eigenvalue weighted by Gasteiger charge is 2.18. The molecule has 0 saturated carbocycles. The van der Waals surface area contributed by atoms with Gasteiger partial charge in [0.15, 0.2) is 0 Å². The quantitative estimate of drug-likeness (QED) is 0.306. The largest absolute Gasteiger partial charge is 0.455 e. The maximum absolute atomic E-state index is 8.68. The van der Waals surface area contributed by atoms with Crippen molar-refractivity contribution < 1.29 is 7.16 Å². The Morgan fingerprint density at radius 3 is 2.40 bits per heavy atom. The zero-order valence-corrected chi connectivity index (χ0v) is 18.4. The van der Waals surface area contributed by atoms with E-state index < -0.39 is 14.4 Å². The molecule has 0 spiro atoms. The fraction of sp³-hybridized carbons (Fsp3) is 0.148. The molecule has 0 amide bonds. The zero-order chi connectivity index (χ0) is 22.5. The van der Waals surface area contributed by atoms with Gasteiger partial charge >= 0.3 is 0 Å². The molecule has 2 aromatic heterocycles. The third kappa shape index (κ3) is 3.46. The summed E-state index contributed by atoms with van der Waals surface area (Å²) < 4.78 is 23.7. The predicted molar refractivity (Wildman–Crippen MR) is 129 cm³/mol. The lowest BCUT2D eigenvalue weighted by Gasteiger charge is -2.16. The summed E-state index contributed by atoms with van der Waals surface area (Å²) in [6.07, 6.45) is 0.390. The van der Waals surface area contributed by atoms with Crippen molar-refractivity contribution in [3.05, 3.63) is 96.2 Å². The fourth-order valence-corrected chi connectivity index (χ4v) is 4.80. The molecule has 0 aliphatic rings. The topological polar surface area (TPSA) is 26.0 Å². The van der Waals surface area contributed by atoms with Crippen LogP contribution in [-0.4, -0.2) is 13.1 Å². The average Bonchev–Trinajstić information content (AvgIpc) is 3.17. The Kier molecular flexibility index (Phi) is 4.02. The zero-order valence-electron chi connectivity index (χ0n) is 19.4. The number of nitrogens with zero attached hydrogens (tertiary/aromatic N) is 1. The van der Waals surface area contributed by atoms with Crippen LogP contribution in [0.1, 0.15) is 13.9 Å². The van der Waals surface area contributed by atoms with Crippen LogP contribution in [-0.2, 0) is 6.37 Å². The van der Waals surface area contributed by atoms with Gasteiger partial charge in [-0.2, -0.15) is 0 Å². The molecule has 0 aliphatic heterocycles. The van der Waals surface area contributed by atoms with Gasteiger partial charge in [0.1, 0.15) is 11.2 Å². The average molecular weight is 410 g/mol. The Labute approximate surface area is 181 Å². The first-order valence-corrected chi connectivity index (χ1v) is 13.7. The van der Waals surface area contributed by atoms with Gasteiger partial charge in [-0.25, -0.2) is 0 Å². The minimum Gasteiger partial charge on any atom is -0.455 e. The maximum Gasteiger partial charge on any atom is 0.144 e. The van der Waals surface area contributed by atoms with Crippen molar-refractivity contribution in [2.24, 2.45) is 0 Å². The molecule has 148 valence electrons. The second-order valence-corrected chi connectivity index (χ2v) is 13.7. The number of para-hydroxylation sites is 1. The van der Waals surface area contributed by atoms with E-state index in [4.69, 9.17) is 12.1 Å². The second-order valence-electron chi connectivity index (χ2n) is 8.67. The highest BCUT2D eigenvalue weighted by Crippen LogP contribution is 2.35. The summed E-state index contributed by atoms with van der Waals surface area (Å²) in [5, 5.41) is 3.32. The summed E-state index contributed by atoms with van der Waals surface area (Å²) in [6.45, 7) is 6.94. The molecule has 0 aliphatic carbocycles. The van der Waals surface area contributed by atoms with Gasteiger partial charge in [-0.05, 0) is 40.9 Å². The van der Waals surface area contributed by atoms with Crippen LogP contribution in [0.25, 0.3) is 33.2 Å². The van der Waals surface area contributed by atoms with Crippen molar-refractivity contribution in [1.82, 2.24) is 4.98 Å². The normalized spacial score (nSPS) is 13.4. The number of fused-ring (bicyclic) bond motifs is 3. The third-order valence-electron chi connectivity index (χ3n) is 5.47. The maximum atomic E-state index is 8.68. The van der Waals surface area contributed by atoms with E-state index in [1.54, 1.807) is 0 Å². The van der Waals surface area contributed by atoms with Crippen LogP contribution in [0, 0.1) is 0 Å². The van der Waals surface area contributed by atoms with E-state index in [1.807, 2.05) is 72.9 Å². The number of pyridine rings is 1. The summed E-state index contributed by atoms with van der Waals surface area (Å²) >= 11 is 0. The molecule has 30 heavy (non-hydrogen) atoms. The van der Waals surface area contributed by atoms with Crippen molar-refractivity contribution in [2.75, 3.05) is 0 Å². The fourth-order valence-electron chi connectivity index (χ4n) is 3.76. The molecule has 5 rings (SSSR count). The number of benzene rings is 3. The van der Waals surface area contributed by atoms with E-state index in [0.29, 0.717) is 16.7 Å². The smallest absolute Gasteiger partial charge is 0.144 e. The van der Waals surface area contributed by atoms with Gasteiger partial charge in [-0.15, -0.1) is 0 Å². The predicted octanol–water partition coefficient (Wildman–Crippen LogP) is 6.78. The van der Waals surface area contributed by atoms with Crippen molar-refractivity contribution >= 4 is 35.2 Å². The molecule has 2 nitrogen and oxygen atoms in total. The SMILES string of the molecule is [2H]C([2H])(c1ccccc1)c1ccc2c(c1)oc1c(-c3ccc([Si](C)(C)C)cn3)cccc12. The molecule has 3 heteroatoms. The van der Waals surface area contributed by atoms with Gasteiger partial charge < -0.3 is 4.42 Å². The summed E-state index contributed by atoms with van der Waals surface area (Å²) in [6, 6.07) is 25.3. The number of rotatable bonds is 4. The molecule has 0 unspecified atom stereocenters. The summed E-state index contributed by atoms with van der Waals surface area (Å²) in [7, 11) is -1.41. The lowest BCUT2D eigenvalue weighted by atomic mass is 10.0. The lowest BCUT2D eigenvalue weighted by Crippen LogP contribution is -2.37. The first-order valence-electron chi connectivity index (χ1n) is 11.2. The molecule has 0 bridgehead atoms. The van der Waals surface area contributed by atoms with Gasteiger partial charge in [0.25, 0.3) is 0 Å². The van der Waals surface area contributed by atoms with Crippen LogP contribution in [0.4, 0.5) is 0 Å². The highest BCUT2D eigenvalue weighted by molar-refractivity contribution is 6.88. The molecular weight excluding hydrogens is 382 g/mol. The lowest BCUT2D eigenvalue weighted by molar-refractivity contribution is 0.669. The second kappa shape index (κ2) is 7.26. The van der Waals surface area contributed by atoms with Gasteiger partial charge in [-0.1, -0.05) is 80.3 Å². The molecule has 0 radical (unpaired) electrons. The van der Waals surface area contributed by atoms with Crippen LogP contribution >= 0.6 is 0 Å². The van der Waals surface area contributed by atoms with Crippen LogP contribution < -0.4 is 5.19 Å². The number of hydrogen-bond donors (Lipinski definition) is 0.